The van der Waals surface area contributed by atoms with Crippen molar-refractivity contribution < 1.29 is 18.4 Å². The standard InChI is InChI=1S/C31H34Cl2FN7O4/c1-29(2)10-12-30(13-11-29)31(18-7-8-19(32)37-24(18)38-27(31)43)20(17-9-14-35-23(33)21(17)34)22(39-30)25(42)36-16-5-3-15(4-6-16)26-40-41-28(44)45-26/h7-9,14-16,20,22,39H,3-6,10-13H2,1-2H3,(H,36,42)(H,41,44)(H,37,38,43)/t15?,16?,20-,22+,31+/m0/s1. The quantitative estimate of drug-likeness (QED) is 0.294. The molecule has 5 heterocycles. The first kappa shape index (κ1) is 30.3. The highest BCUT2D eigenvalue weighted by Crippen LogP contribution is 2.63. The number of hydrogen-bond acceptors (Lipinski definition) is 8. The second kappa shape index (κ2) is 10.9. The average Bonchev–Trinajstić information content (AvgIpc) is 3.65. The summed E-state index contributed by atoms with van der Waals surface area (Å²) in [6.45, 7) is 4.39. The summed E-state index contributed by atoms with van der Waals surface area (Å²) in [4.78, 5) is 48.8. The maximum atomic E-state index is 16.1. The number of amides is 2. The van der Waals surface area contributed by atoms with Crippen molar-refractivity contribution in [3.8, 4) is 0 Å². The first-order chi connectivity index (χ1) is 21.4. The molecular weight excluding hydrogens is 624 g/mol. The van der Waals surface area contributed by atoms with Crippen LogP contribution in [0.3, 0.4) is 0 Å². The Hall–Kier alpha value is -3.35. The van der Waals surface area contributed by atoms with Gasteiger partial charge in [0.25, 0.3) is 0 Å². The zero-order chi connectivity index (χ0) is 31.7. The van der Waals surface area contributed by atoms with Gasteiger partial charge in [0.15, 0.2) is 11.0 Å². The number of pyridine rings is 2. The van der Waals surface area contributed by atoms with E-state index in [-0.39, 0.29) is 45.1 Å². The minimum absolute atomic E-state index is 0.0252. The smallest absolute Gasteiger partial charge is 0.392 e. The van der Waals surface area contributed by atoms with Gasteiger partial charge in [0.1, 0.15) is 16.4 Å². The highest BCUT2D eigenvalue weighted by molar-refractivity contribution is 6.30. The number of halogens is 3. The second-order valence-electron chi connectivity index (χ2n) is 13.7. The van der Waals surface area contributed by atoms with E-state index >= 15 is 4.39 Å². The largest absolute Gasteiger partial charge is 0.434 e. The molecule has 3 aromatic heterocycles. The third-order valence-electron chi connectivity index (χ3n) is 10.7. The van der Waals surface area contributed by atoms with Crippen LogP contribution in [0.1, 0.15) is 94.1 Å². The van der Waals surface area contributed by atoms with Gasteiger partial charge in [-0.05, 0) is 74.5 Å². The van der Waals surface area contributed by atoms with E-state index < -0.39 is 34.5 Å². The monoisotopic (exact) mass is 657 g/mol. The molecule has 4 aliphatic rings. The van der Waals surface area contributed by atoms with E-state index in [2.05, 4.69) is 50.0 Å². The molecule has 7 rings (SSSR count). The van der Waals surface area contributed by atoms with Gasteiger partial charge in [-0.1, -0.05) is 43.1 Å². The fraction of sp³-hybridized carbons (Fsp3) is 0.548. The van der Waals surface area contributed by atoms with Crippen molar-refractivity contribution in [2.45, 2.75) is 100 Å². The molecule has 2 aliphatic heterocycles. The average molecular weight is 659 g/mol. The summed E-state index contributed by atoms with van der Waals surface area (Å²) in [5, 5.41) is 16.0. The molecule has 1 saturated heterocycles. The van der Waals surface area contributed by atoms with Gasteiger partial charge in [0.05, 0.1) is 6.04 Å². The normalized spacial score (nSPS) is 29.9. The Labute approximate surface area is 268 Å². The number of rotatable bonds is 4. The summed E-state index contributed by atoms with van der Waals surface area (Å²) in [6.07, 6.45) is 6.75. The highest BCUT2D eigenvalue weighted by atomic mass is 35.5. The molecule has 2 amide bonds. The minimum atomic E-state index is -1.39. The van der Waals surface area contributed by atoms with E-state index in [0.29, 0.717) is 55.8 Å². The Bertz CT molecular complexity index is 1730. The lowest BCUT2D eigenvalue weighted by atomic mass is 9.53. The molecule has 2 aliphatic carbocycles. The SMILES string of the molecule is CC1(C)CCC2(CC1)N[C@@H](C(=O)NC1CCC(c3n[nH]c(=O)o3)CC1)[C@H](c1ccnc(Cl)c1F)[C@]21C(=O)Nc2nc(Cl)ccc21. The molecular formula is C31H34Cl2FN7O4. The van der Waals surface area contributed by atoms with Gasteiger partial charge in [0.2, 0.25) is 17.7 Å². The third-order valence-corrected chi connectivity index (χ3v) is 11.2. The van der Waals surface area contributed by atoms with Crippen molar-refractivity contribution >= 4 is 40.8 Å². The van der Waals surface area contributed by atoms with Crippen molar-refractivity contribution in [2.75, 3.05) is 5.32 Å². The van der Waals surface area contributed by atoms with Crippen LogP contribution in [0.25, 0.3) is 0 Å². The number of carbonyl (C=O) groups excluding carboxylic acids is 2. The predicted octanol–water partition coefficient (Wildman–Crippen LogP) is 4.73. The van der Waals surface area contributed by atoms with Crippen LogP contribution in [-0.2, 0) is 15.0 Å². The molecule has 3 atom stereocenters. The van der Waals surface area contributed by atoms with Gasteiger partial charge >= 0.3 is 5.76 Å². The van der Waals surface area contributed by atoms with Gasteiger partial charge in [-0.3, -0.25) is 14.9 Å². The van der Waals surface area contributed by atoms with Crippen molar-refractivity contribution in [1.29, 1.82) is 0 Å². The summed E-state index contributed by atoms with van der Waals surface area (Å²) < 4.78 is 21.2. The molecule has 14 heteroatoms. The molecule has 0 bridgehead atoms. The number of aromatic nitrogens is 4. The van der Waals surface area contributed by atoms with E-state index in [4.69, 9.17) is 27.6 Å². The highest BCUT2D eigenvalue weighted by Gasteiger charge is 2.73. The summed E-state index contributed by atoms with van der Waals surface area (Å²) in [5.41, 5.74) is -1.54. The molecule has 0 unspecified atom stereocenters. The minimum Gasteiger partial charge on any atom is -0.392 e. The number of nitrogens with zero attached hydrogens (tertiary/aromatic N) is 3. The van der Waals surface area contributed by atoms with E-state index in [1.165, 1.54) is 12.3 Å². The summed E-state index contributed by atoms with van der Waals surface area (Å²) in [7, 11) is 0. The molecule has 11 nitrogen and oxygen atoms in total. The summed E-state index contributed by atoms with van der Waals surface area (Å²) >= 11 is 12.5. The van der Waals surface area contributed by atoms with Gasteiger partial charge in [-0.15, -0.1) is 5.10 Å². The molecule has 2 spiro atoms. The van der Waals surface area contributed by atoms with Crippen LogP contribution in [0.15, 0.2) is 33.6 Å². The topological polar surface area (TPSA) is 155 Å². The van der Waals surface area contributed by atoms with Crippen LogP contribution in [0.4, 0.5) is 10.2 Å². The first-order valence-electron chi connectivity index (χ1n) is 15.4. The Kier molecular flexibility index (Phi) is 7.33. The third kappa shape index (κ3) is 4.79. The lowest BCUT2D eigenvalue weighted by molar-refractivity contribution is -0.125. The number of nitrogens with one attached hydrogen (secondary N) is 4. The number of anilines is 1. The van der Waals surface area contributed by atoms with E-state index in [1.54, 1.807) is 12.1 Å². The molecule has 0 aromatic carbocycles. The number of carbonyl (C=O) groups is 2. The molecule has 3 fully saturated rings. The lowest BCUT2D eigenvalue weighted by Gasteiger charge is -2.50. The Morgan fingerprint density at radius 2 is 1.80 bits per heavy atom. The Morgan fingerprint density at radius 1 is 1.07 bits per heavy atom. The second-order valence-corrected chi connectivity index (χ2v) is 14.4. The molecule has 45 heavy (non-hydrogen) atoms. The van der Waals surface area contributed by atoms with Gasteiger partial charge in [-0.2, -0.15) is 0 Å². The van der Waals surface area contributed by atoms with Crippen molar-refractivity contribution in [3.63, 3.8) is 0 Å². The van der Waals surface area contributed by atoms with Gasteiger partial charge in [-0.25, -0.2) is 24.3 Å². The summed E-state index contributed by atoms with van der Waals surface area (Å²) in [5.74, 6) is -2.36. The van der Waals surface area contributed by atoms with Crippen LogP contribution in [0, 0.1) is 11.2 Å². The van der Waals surface area contributed by atoms with Crippen molar-refractivity contribution in [3.05, 3.63) is 68.1 Å². The number of aromatic amines is 1. The van der Waals surface area contributed by atoms with Crippen LogP contribution >= 0.6 is 23.2 Å². The maximum Gasteiger partial charge on any atom is 0.434 e. The van der Waals surface area contributed by atoms with Gasteiger partial charge in [0, 0.05) is 35.2 Å². The Balaban J connectivity index is 1.30. The van der Waals surface area contributed by atoms with Crippen LogP contribution in [0.2, 0.25) is 10.3 Å². The summed E-state index contributed by atoms with van der Waals surface area (Å²) in [6, 6.07) is 3.76. The van der Waals surface area contributed by atoms with E-state index in [9.17, 15) is 14.4 Å². The fourth-order valence-corrected chi connectivity index (χ4v) is 8.70. The fourth-order valence-electron chi connectivity index (χ4n) is 8.39. The number of H-pyrrole nitrogens is 1. The molecule has 2 saturated carbocycles. The molecule has 238 valence electrons. The Morgan fingerprint density at radius 3 is 2.49 bits per heavy atom. The zero-order valence-corrected chi connectivity index (χ0v) is 26.4. The van der Waals surface area contributed by atoms with Crippen LogP contribution in [-0.4, -0.2) is 49.6 Å². The van der Waals surface area contributed by atoms with Crippen LogP contribution < -0.4 is 21.7 Å². The van der Waals surface area contributed by atoms with Gasteiger partial charge < -0.3 is 15.1 Å². The molecule has 0 radical (unpaired) electrons. The van der Waals surface area contributed by atoms with Crippen molar-refractivity contribution in [2.24, 2.45) is 5.41 Å². The lowest BCUT2D eigenvalue weighted by Crippen LogP contribution is -2.61. The number of hydrogen-bond donors (Lipinski definition) is 4. The predicted molar refractivity (Wildman–Crippen MR) is 164 cm³/mol. The van der Waals surface area contributed by atoms with E-state index in [0.717, 1.165) is 12.8 Å². The zero-order valence-electron chi connectivity index (χ0n) is 24.9. The molecule has 4 N–H and O–H groups in total. The number of fused-ring (bicyclic) bond motifs is 3. The maximum absolute atomic E-state index is 16.1. The van der Waals surface area contributed by atoms with Crippen molar-refractivity contribution in [1.82, 2.24) is 30.8 Å². The first-order valence-corrected chi connectivity index (χ1v) is 16.1. The van der Waals surface area contributed by atoms with Crippen LogP contribution in [0.5, 0.6) is 0 Å². The van der Waals surface area contributed by atoms with E-state index in [1.807, 2.05) is 0 Å². The molecule has 3 aromatic rings.